The van der Waals surface area contributed by atoms with Crippen LogP contribution in [-0.4, -0.2) is 16.1 Å². The molecule has 0 atom stereocenters. The minimum absolute atomic E-state index is 0.260. The summed E-state index contributed by atoms with van der Waals surface area (Å²) >= 11 is 9.24. The van der Waals surface area contributed by atoms with E-state index in [-0.39, 0.29) is 17.4 Å². The fourth-order valence-electron chi connectivity index (χ4n) is 1.24. The zero-order valence-electron chi connectivity index (χ0n) is 8.50. The molecular formula is C10H8BrClN4O. The van der Waals surface area contributed by atoms with E-state index in [1.807, 2.05) is 0 Å². The molecule has 0 spiro atoms. The van der Waals surface area contributed by atoms with Crippen LogP contribution < -0.4 is 11.1 Å². The smallest absolute Gasteiger partial charge is 0.273 e. The molecule has 2 rings (SSSR count). The molecule has 1 aromatic carbocycles. The topological polar surface area (TPSA) is 83.8 Å². The molecule has 1 heterocycles. The van der Waals surface area contributed by atoms with Gasteiger partial charge in [0.15, 0.2) is 0 Å². The Morgan fingerprint density at radius 3 is 2.88 bits per heavy atom. The van der Waals surface area contributed by atoms with Crippen molar-refractivity contribution in [1.29, 1.82) is 0 Å². The van der Waals surface area contributed by atoms with Crippen molar-refractivity contribution in [3.05, 3.63) is 39.5 Å². The van der Waals surface area contributed by atoms with Gasteiger partial charge in [-0.05, 0) is 18.2 Å². The molecule has 7 heteroatoms. The van der Waals surface area contributed by atoms with E-state index >= 15 is 0 Å². The van der Waals surface area contributed by atoms with Gasteiger partial charge in [0.2, 0.25) is 0 Å². The lowest BCUT2D eigenvalue weighted by molar-refractivity contribution is 0.102. The Morgan fingerprint density at radius 1 is 1.47 bits per heavy atom. The van der Waals surface area contributed by atoms with Crippen molar-refractivity contribution in [1.82, 2.24) is 10.2 Å². The molecular weight excluding hydrogens is 307 g/mol. The normalized spacial score (nSPS) is 10.2. The van der Waals surface area contributed by atoms with Gasteiger partial charge in [-0.15, -0.1) is 0 Å². The average molecular weight is 316 g/mol. The lowest BCUT2D eigenvalue weighted by atomic mass is 10.3. The highest BCUT2D eigenvalue weighted by molar-refractivity contribution is 9.10. The summed E-state index contributed by atoms with van der Waals surface area (Å²) in [7, 11) is 0. The first kappa shape index (κ1) is 11.9. The van der Waals surface area contributed by atoms with Crippen LogP contribution in [-0.2, 0) is 0 Å². The Morgan fingerprint density at radius 2 is 2.24 bits per heavy atom. The quantitative estimate of drug-likeness (QED) is 0.796. The number of anilines is 2. The first-order valence-electron chi connectivity index (χ1n) is 4.63. The highest BCUT2D eigenvalue weighted by Gasteiger charge is 2.11. The number of hydrogen-bond donors (Lipinski definition) is 3. The SMILES string of the molecule is Nc1cc(C(=O)Nc2cc(Br)ccc2Cl)[nH]n1. The molecule has 0 unspecified atom stereocenters. The molecule has 17 heavy (non-hydrogen) atoms. The monoisotopic (exact) mass is 314 g/mol. The number of halogens is 2. The summed E-state index contributed by atoms with van der Waals surface area (Å²) in [5, 5.41) is 9.29. The maximum atomic E-state index is 11.8. The van der Waals surface area contributed by atoms with Crippen LogP contribution in [0.4, 0.5) is 11.5 Å². The number of benzene rings is 1. The van der Waals surface area contributed by atoms with Crippen LogP contribution in [0.1, 0.15) is 10.5 Å². The highest BCUT2D eigenvalue weighted by Crippen LogP contribution is 2.26. The minimum atomic E-state index is -0.353. The van der Waals surface area contributed by atoms with Crippen LogP contribution in [0, 0.1) is 0 Å². The third-order valence-corrected chi connectivity index (χ3v) is 2.84. The Kier molecular flexibility index (Phi) is 3.35. The number of amides is 1. The van der Waals surface area contributed by atoms with Crippen molar-refractivity contribution < 1.29 is 4.79 Å². The molecule has 0 aliphatic rings. The molecule has 0 saturated carbocycles. The largest absolute Gasteiger partial charge is 0.382 e. The van der Waals surface area contributed by atoms with Gasteiger partial charge in [-0.25, -0.2) is 0 Å². The summed E-state index contributed by atoms with van der Waals surface area (Å²) in [5.74, 6) is -0.0929. The fourth-order valence-corrected chi connectivity index (χ4v) is 1.76. The maximum Gasteiger partial charge on any atom is 0.273 e. The third-order valence-electron chi connectivity index (χ3n) is 2.02. The first-order chi connectivity index (χ1) is 8.06. The number of H-pyrrole nitrogens is 1. The Balaban J connectivity index is 2.21. The van der Waals surface area contributed by atoms with Gasteiger partial charge in [0.05, 0.1) is 10.7 Å². The zero-order valence-corrected chi connectivity index (χ0v) is 10.8. The predicted molar refractivity (Wildman–Crippen MR) is 70.1 cm³/mol. The van der Waals surface area contributed by atoms with Gasteiger partial charge in [-0.2, -0.15) is 5.10 Å². The third kappa shape index (κ3) is 2.78. The number of aromatic amines is 1. The van der Waals surface area contributed by atoms with Gasteiger partial charge in [0.25, 0.3) is 5.91 Å². The second-order valence-electron chi connectivity index (χ2n) is 3.28. The van der Waals surface area contributed by atoms with Crippen LogP contribution in [0.3, 0.4) is 0 Å². The Hall–Kier alpha value is -1.53. The van der Waals surface area contributed by atoms with Crippen molar-refractivity contribution in [3.8, 4) is 0 Å². The molecule has 0 aliphatic carbocycles. The van der Waals surface area contributed by atoms with Crippen LogP contribution in [0.15, 0.2) is 28.7 Å². The number of aromatic nitrogens is 2. The number of nitrogens with zero attached hydrogens (tertiary/aromatic N) is 1. The van der Waals surface area contributed by atoms with Crippen molar-refractivity contribution in [2.75, 3.05) is 11.1 Å². The zero-order chi connectivity index (χ0) is 12.4. The lowest BCUT2D eigenvalue weighted by Crippen LogP contribution is -2.12. The Bertz CT molecular complexity index is 569. The molecule has 0 fully saturated rings. The standard InChI is InChI=1S/C10H8BrClN4O/c11-5-1-2-6(12)7(3-5)14-10(17)8-4-9(13)16-15-8/h1-4H,(H,14,17)(H3,13,15,16). The Labute approximate surface area is 110 Å². The molecule has 0 aliphatic heterocycles. The van der Waals surface area contributed by atoms with Crippen molar-refractivity contribution in [3.63, 3.8) is 0 Å². The highest BCUT2D eigenvalue weighted by atomic mass is 79.9. The number of carbonyl (C=O) groups excluding carboxylic acids is 1. The predicted octanol–water partition coefficient (Wildman–Crippen LogP) is 2.66. The molecule has 1 aromatic heterocycles. The van der Waals surface area contributed by atoms with E-state index in [4.69, 9.17) is 17.3 Å². The van der Waals surface area contributed by atoms with E-state index in [0.717, 1.165) is 4.47 Å². The second-order valence-corrected chi connectivity index (χ2v) is 4.61. The van der Waals surface area contributed by atoms with E-state index in [1.165, 1.54) is 6.07 Å². The van der Waals surface area contributed by atoms with Gasteiger partial charge in [0.1, 0.15) is 11.5 Å². The van der Waals surface area contributed by atoms with Crippen LogP contribution in [0.5, 0.6) is 0 Å². The number of carbonyl (C=O) groups is 1. The van der Waals surface area contributed by atoms with E-state index in [2.05, 4.69) is 31.4 Å². The van der Waals surface area contributed by atoms with Crippen LogP contribution in [0.25, 0.3) is 0 Å². The van der Waals surface area contributed by atoms with E-state index in [9.17, 15) is 4.79 Å². The number of nitrogen functional groups attached to an aromatic ring is 1. The molecule has 5 nitrogen and oxygen atoms in total. The first-order valence-corrected chi connectivity index (χ1v) is 5.80. The van der Waals surface area contributed by atoms with Crippen LogP contribution in [0.2, 0.25) is 5.02 Å². The molecule has 88 valence electrons. The maximum absolute atomic E-state index is 11.8. The minimum Gasteiger partial charge on any atom is -0.382 e. The number of nitrogens with one attached hydrogen (secondary N) is 2. The van der Waals surface area contributed by atoms with E-state index in [1.54, 1.807) is 18.2 Å². The average Bonchev–Trinajstić information content (AvgIpc) is 2.70. The summed E-state index contributed by atoms with van der Waals surface area (Å²) in [4.78, 5) is 11.8. The van der Waals surface area contributed by atoms with Crippen molar-refractivity contribution in [2.45, 2.75) is 0 Å². The molecule has 0 saturated heterocycles. The van der Waals surface area contributed by atoms with Crippen LogP contribution >= 0.6 is 27.5 Å². The molecule has 0 radical (unpaired) electrons. The number of rotatable bonds is 2. The molecule has 2 aromatic rings. The number of nitrogens with two attached hydrogens (primary N) is 1. The van der Waals surface area contributed by atoms with Gasteiger partial charge in [-0.3, -0.25) is 9.89 Å². The molecule has 1 amide bonds. The summed E-state index contributed by atoms with van der Waals surface area (Å²) in [6.45, 7) is 0. The van der Waals surface area contributed by atoms with Gasteiger partial charge in [0, 0.05) is 10.5 Å². The van der Waals surface area contributed by atoms with Crippen molar-refractivity contribution >= 4 is 44.9 Å². The molecule has 4 N–H and O–H groups in total. The summed E-state index contributed by atoms with van der Waals surface area (Å²) in [5.41, 5.74) is 6.20. The van der Waals surface area contributed by atoms with Gasteiger partial charge >= 0.3 is 0 Å². The van der Waals surface area contributed by atoms with Gasteiger partial charge in [-0.1, -0.05) is 27.5 Å². The molecule has 0 bridgehead atoms. The summed E-state index contributed by atoms with van der Waals surface area (Å²) in [6.07, 6.45) is 0. The number of hydrogen-bond acceptors (Lipinski definition) is 3. The summed E-state index contributed by atoms with van der Waals surface area (Å²) in [6, 6.07) is 6.62. The fraction of sp³-hybridized carbons (Fsp3) is 0. The van der Waals surface area contributed by atoms with Crippen molar-refractivity contribution in [2.24, 2.45) is 0 Å². The van der Waals surface area contributed by atoms with E-state index < -0.39 is 0 Å². The second kappa shape index (κ2) is 4.77. The van der Waals surface area contributed by atoms with Gasteiger partial charge < -0.3 is 11.1 Å². The van der Waals surface area contributed by atoms with E-state index in [0.29, 0.717) is 10.7 Å². The summed E-state index contributed by atoms with van der Waals surface area (Å²) < 4.78 is 0.821. The lowest BCUT2D eigenvalue weighted by Gasteiger charge is -2.06.